The third kappa shape index (κ3) is 3.55. The Bertz CT molecular complexity index is 329. The third-order valence-corrected chi connectivity index (χ3v) is 3.81. The van der Waals surface area contributed by atoms with Crippen molar-refractivity contribution in [1.82, 2.24) is 0 Å². The SMILES string of the molecule is COCCc1ccc(C(N)CC2CCC2)cc1. The molecule has 1 atom stereocenters. The second-order valence-electron chi connectivity index (χ2n) is 5.12. The van der Waals surface area contributed by atoms with E-state index < -0.39 is 0 Å². The molecular weight excluding hydrogens is 210 g/mol. The minimum absolute atomic E-state index is 0.219. The van der Waals surface area contributed by atoms with Crippen molar-refractivity contribution in [3.8, 4) is 0 Å². The van der Waals surface area contributed by atoms with Gasteiger partial charge in [-0.25, -0.2) is 0 Å². The van der Waals surface area contributed by atoms with Crippen molar-refractivity contribution >= 4 is 0 Å². The highest BCUT2D eigenvalue weighted by Gasteiger charge is 2.20. The van der Waals surface area contributed by atoms with Crippen molar-refractivity contribution in [2.45, 2.75) is 38.1 Å². The zero-order valence-corrected chi connectivity index (χ0v) is 10.7. The van der Waals surface area contributed by atoms with E-state index in [1.807, 2.05) is 0 Å². The first kappa shape index (κ1) is 12.6. The largest absolute Gasteiger partial charge is 0.384 e. The summed E-state index contributed by atoms with van der Waals surface area (Å²) in [6.07, 6.45) is 6.28. The minimum Gasteiger partial charge on any atom is -0.384 e. The summed E-state index contributed by atoms with van der Waals surface area (Å²) in [6.45, 7) is 0.785. The Balaban J connectivity index is 1.87. The van der Waals surface area contributed by atoms with Crippen molar-refractivity contribution in [3.63, 3.8) is 0 Å². The van der Waals surface area contributed by atoms with Crippen LogP contribution < -0.4 is 5.73 Å². The van der Waals surface area contributed by atoms with Crippen LogP contribution >= 0.6 is 0 Å². The molecule has 1 unspecified atom stereocenters. The van der Waals surface area contributed by atoms with Crippen LogP contribution in [0.15, 0.2) is 24.3 Å². The van der Waals surface area contributed by atoms with Crippen LogP contribution in [-0.2, 0) is 11.2 Å². The highest BCUT2D eigenvalue weighted by Crippen LogP contribution is 2.33. The van der Waals surface area contributed by atoms with E-state index in [4.69, 9.17) is 10.5 Å². The molecule has 2 heteroatoms. The first-order valence-electron chi connectivity index (χ1n) is 6.63. The lowest BCUT2D eigenvalue weighted by Gasteiger charge is -2.28. The molecule has 1 fully saturated rings. The quantitative estimate of drug-likeness (QED) is 0.819. The zero-order chi connectivity index (χ0) is 12.1. The van der Waals surface area contributed by atoms with Crippen LogP contribution in [0.2, 0.25) is 0 Å². The normalized spacial score (nSPS) is 17.8. The fraction of sp³-hybridized carbons (Fsp3) is 0.600. The Kier molecular flexibility index (Phi) is 4.57. The summed E-state index contributed by atoms with van der Waals surface area (Å²) < 4.78 is 5.07. The van der Waals surface area contributed by atoms with Gasteiger partial charge >= 0.3 is 0 Å². The Morgan fingerprint density at radius 3 is 2.53 bits per heavy atom. The monoisotopic (exact) mass is 233 g/mol. The third-order valence-electron chi connectivity index (χ3n) is 3.81. The smallest absolute Gasteiger partial charge is 0.0502 e. The van der Waals surface area contributed by atoms with Crippen LogP contribution in [0.3, 0.4) is 0 Å². The number of hydrogen-bond acceptors (Lipinski definition) is 2. The lowest BCUT2D eigenvalue weighted by molar-refractivity contribution is 0.202. The predicted octanol–water partition coefficient (Wildman–Crippen LogP) is 3.07. The average molecular weight is 233 g/mol. The molecule has 2 N–H and O–H groups in total. The summed E-state index contributed by atoms with van der Waals surface area (Å²) in [7, 11) is 1.74. The predicted molar refractivity (Wildman–Crippen MR) is 70.9 cm³/mol. The number of nitrogens with two attached hydrogens (primary N) is 1. The molecule has 0 saturated heterocycles. The molecule has 1 aromatic carbocycles. The van der Waals surface area contributed by atoms with Gasteiger partial charge in [-0.05, 0) is 29.9 Å². The molecule has 0 aromatic heterocycles. The second-order valence-corrected chi connectivity index (χ2v) is 5.12. The Hall–Kier alpha value is -0.860. The molecule has 2 rings (SSSR count). The lowest BCUT2D eigenvalue weighted by Crippen LogP contribution is -2.20. The highest BCUT2D eigenvalue weighted by molar-refractivity contribution is 5.25. The summed E-state index contributed by atoms with van der Waals surface area (Å²) in [6, 6.07) is 8.92. The summed E-state index contributed by atoms with van der Waals surface area (Å²) >= 11 is 0. The summed E-state index contributed by atoms with van der Waals surface area (Å²) in [5, 5.41) is 0. The standard InChI is InChI=1S/C15H23NO/c1-17-10-9-12-5-7-14(8-6-12)15(16)11-13-3-2-4-13/h5-8,13,15H,2-4,9-11,16H2,1H3. The van der Waals surface area contributed by atoms with Crippen molar-refractivity contribution in [2.75, 3.05) is 13.7 Å². The number of hydrogen-bond donors (Lipinski definition) is 1. The molecule has 1 saturated carbocycles. The molecule has 17 heavy (non-hydrogen) atoms. The van der Waals surface area contributed by atoms with Gasteiger partial charge in [0.1, 0.15) is 0 Å². The number of methoxy groups -OCH3 is 1. The molecule has 0 amide bonds. The van der Waals surface area contributed by atoms with Gasteiger partial charge in [0.25, 0.3) is 0 Å². The summed E-state index contributed by atoms with van der Waals surface area (Å²) in [5.74, 6) is 0.873. The second kappa shape index (κ2) is 6.18. The van der Waals surface area contributed by atoms with Crippen molar-refractivity contribution in [3.05, 3.63) is 35.4 Å². The number of rotatable bonds is 6. The molecule has 0 heterocycles. The molecule has 0 spiro atoms. The van der Waals surface area contributed by atoms with E-state index in [1.165, 1.54) is 30.4 Å². The summed E-state index contributed by atoms with van der Waals surface area (Å²) in [5.41, 5.74) is 8.83. The fourth-order valence-corrected chi connectivity index (χ4v) is 2.38. The van der Waals surface area contributed by atoms with Gasteiger partial charge in [-0.15, -0.1) is 0 Å². The van der Waals surface area contributed by atoms with E-state index in [0.717, 1.165) is 25.4 Å². The van der Waals surface area contributed by atoms with Gasteiger partial charge in [-0.3, -0.25) is 0 Å². The number of ether oxygens (including phenoxy) is 1. The Morgan fingerprint density at radius 1 is 1.29 bits per heavy atom. The Labute approximate surface area is 104 Å². The molecular formula is C15H23NO. The molecule has 94 valence electrons. The maximum Gasteiger partial charge on any atom is 0.0502 e. The minimum atomic E-state index is 0.219. The van der Waals surface area contributed by atoms with E-state index in [9.17, 15) is 0 Å². The average Bonchev–Trinajstić information content (AvgIpc) is 2.31. The van der Waals surface area contributed by atoms with E-state index in [2.05, 4.69) is 24.3 Å². The van der Waals surface area contributed by atoms with Gasteiger partial charge in [0.15, 0.2) is 0 Å². The molecule has 1 aliphatic rings. The van der Waals surface area contributed by atoms with Crippen LogP contribution in [0.25, 0.3) is 0 Å². The van der Waals surface area contributed by atoms with Gasteiger partial charge < -0.3 is 10.5 Å². The van der Waals surface area contributed by atoms with Gasteiger partial charge in [-0.2, -0.15) is 0 Å². The number of benzene rings is 1. The van der Waals surface area contributed by atoms with Crippen molar-refractivity contribution in [1.29, 1.82) is 0 Å². The maximum absolute atomic E-state index is 6.23. The topological polar surface area (TPSA) is 35.2 Å². The van der Waals surface area contributed by atoms with E-state index in [-0.39, 0.29) is 6.04 Å². The first-order valence-corrected chi connectivity index (χ1v) is 6.63. The molecule has 0 aliphatic heterocycles. The van der Waals surface area contributed by atoms with Crippen LogP contribution in [0.1, 0.15) is 42.9 Å². The maximum atomic E-state index is 6.23. The van der Waals surface area contributed by atoms with Gasteiger partial charge in [0.2, 0.25) is 0 Å². The van der Waals surface area contributed by atoms with Gasteiger partial charge in [0, 0.05) is 13.2 Å². The Morgan fingerprint density at radius 2 is 2.00 bits per heavy atom. The molecule has 1 aliphatic carbocycles. The first-order chi connectivity index (χ1) is 8.29. The molecule has 0 radical (unpaired) electrons. The van der Waals surface area contributed by atoms with Gasteiger partial charge in [-0.1, -0.05) is 43.5 Å². The molecule has 1 aromatic rings. The van der Waals surface area contributed by atoms with Crippen LogP contribution in [0.5, 0.6) is 0 Å². The van der Waals surface area contributed by atoms with E-state index >= 15 is 0 Å². The van der Waals surface area contributed by atoms with E-state index in [0.29, 0.717) is 0 Å². The zero-order valence-electron chi connectivity index (χ0n) is 10.7. The highest BCUT2D eigenvalue weighted by atomic mass is 16.5. The van der Waals surface area contributed by atoms with Gasteiger partial charge in [0.05, 0.1) is 6.61 Å². The van der Waals surface area contributed by atoms with Crippen LogP contribution in [0, 0.1) is 5.92 Å². The van der Waals surface area contributed by atoms with Crippen molar-refractivity contribution in [2.24, 2.45) is 11.7 Å². The fourth-order valence-electron chi connectivity index (χ4n) is 2.38. The van der Waals surface area contributed by atoms with Crippen molar-refractivity contribution < 1.29 is 4.74 Å². The summed E-state index contributed by atoms with van der Waals surface area (Å²) in [4.78, 5) is 0. The van der Waals surface area contributed by atoms with Crippen LogP contribution in [-0.4, -0.2) is 13.7 Å². The van der Waals surface area contributed by atoms with Crippen LogP contribution in [0.4, 0.5) is 0 Å². The lowest BCUT2D eigenvalue weighted by atomic mass is 9.80. The molecule has 0 bridgehead atoms. The van der Waals surface area contributed by atoms with E-state index in [1.54, 1.807) is 7.11 Å². The molecule has 2 nitrogen and oxygen atoms in total.